The molecule has 14 aromatic rings. The first-order valence-electron chi connectivity index (χ1n) is 26.6. The van der Waals surface area contributed by atoms with Gasteiger partial charge in [0.05, 0.1) is 0 Å². The summed E-state index contributed by atoms with van der Waals surface area (Å²) in [7, 11) is 0. The zero-order chi connectivity index (χ0) is 52.9. The summed E-state index contributed by atoms with van der Waals surface area (Å²) < 4.78 is 39.0. The Kier molecular flexibility index (Phi) is 12.1. The molecule has 0 radical (unpaired) electrons. The van der Waals surface area contributed by atoms with Crippen molar-refractivity contribution in [3.63, 3.8) is 0 Å². The van der Waals surface area contributed by atoms with Gasteiger partial charge in [0.15, 0.2) is 0 Å². The van der Waals surface area contributed by atoms with Crippen molar-refractivity contribution < 1.29 is 8.78 Å². The van der Waals surface area contributed by atoms with Gasteiger partial charge in [-0.15, -0.1) is 0 Å². The van der Waals surface area contributed by atoms with Gasteiger partial charge in [-0.2, -0.15) is 0 Å². The first kappa shape index (κ1) is 47.7. The molecule has 2 aromatic heterocycles. The third-order valence-corrected chi connectivity index (χ3v) is 25.6. The molecule has 0 unspecified atom stereocenters. The maximum atomic E-state index is 14.8. The zero-order valence-electron chi connectivity index (χ0n) is 42.9. The van der Waals surface area contributed by atoms with Crippen molar-refractivity contribution in [2.45, 2.75) is 0 Å². The number of para-hydroxylation sites is 3. The maximum Gasteiger partial charge on any atom is -0.0242 e. The van der Waals surface area contributed by atoms with Gasteiger partial charge >= 0.3 is 332 Å². The molecule has 79 heavy (non-hydrogen) atoms. The average molecular weight is 1080 g/mol. The number of hydrogen-bond donors (Lipinski definition) is 0. The Morgan fingerprint density at radius 3 is 1.00 bits per heavy atom. The van der Waals surface area contributed by atoms with Crippen LogP contribution in [-0.2, 0) is 0 Å². The minimum Gasteiger partial charge on any atom is -0.0351 e. The fourth-order valence-electron chi connectivity index (χ4n) is 12.1. The monoisotopic (exact) mass is 1080 g/mol. The molecule has 0 amide bonds. The molecule has 4 nitrogen and oxygen atoms in total. The van der Waals surface area contributed by atoms with Crippen molar-refractivity contribution in [3.8, 4) is 11.4 Å². The van der Waals surface area contributed by atoms with Crippen molar-refractivity contribution in [2.24, 2.45) is 0 Å². The first-order valence-corrected chi connectivity index (χ1v) is 30.8. The summed E-state index contributed by atoms with van der Waals surface area (Å²) in [6.07, 6.45) is 0. The molecule has 7 heteroatoms. The molecule has 0 bridgehead atoms. The Bertz CT molecular complexity index is 4340. The van der Waals surface area contributed by atoms with E-state index in [0.29, 0.717) is 0 Å². The van der Waals surface area contributed by atoms with E-state index in [-0.39, 0.29) is 11.6 Å². The number of benzene rings is 12. The van der Waals surface area contributed by atoms with Crippen LogP contribution < -0.4 is 27.4 Å². The molecular weight excluding hydrogens is 1030 g/mol. The molecule has 0 spiro atoms. The second-order valence-corrected chi connectivity index (χ2v) is 28.0. The summed E-state index contributed by atoms with van der Waals surface area (Å²) in [5, 5.41) is 4.34. The van der Waals surface area contributed by atoms with Crippen molar-refractivity contribution >= 4 is 109 Å². The van der Waals surface area contributed by atoms with Gasteiger partial charge in [-0.3, -0.25) is 0 Å². The fourth-order valence-corrected chi connectivity index (χ4v) is 22.1. The number of hydrogen-bond acceptors (Lipinski definition) is 2. The fraction of sp³-hybridized carbons (Fsp3) is 0. The van der Waals surface area contributed by atoms with Crippen molar-refractivity contribution in [1.82, 2.24) is 9.13 Å². The molecule has 0 saturated carbocycles. The Morgan fingerprint density at radius 2 is 0.557 bits per heavy atom. The molecule has 0 saturated heterocycles. The molecule has 0 fully saturated rings. The van der Waals surface area contributed by atoms with Crippen LogP contribution >= 0.6 is 0 Å². The van der Waals surface area contributed by atoms with E-state index in [1.807, 2.05) is 36.4 Å². The summed E-state index contributed by atoms with van der Waals surface area (Å²) >= 11 is -3.75. The first-order chi connectivity index (χ1) is 39.0. The van der Waals surface area contributed by atoms with E-state index in [2.05, 4.69) is 262 Å². The van der Waals surface area contributed by atoms with Crippen LogP contribution in [0.2, 0.25) is 0 Å². The normalized spacial score (nSPS) is 11.7. The van der Waals surface area contributed by atoms with Crippen molar-refractivity contribution in [2.75, 3.05) is 9.80 Å². The molecule has 2 heterocycles. The van der Waals surface area contributed by atoms with E-state index in [9.17, 15) is 8.78 Å². The van der Waals surface area contributed by atoms with Crippen LogP contribution in [-0.4, -0.2) is 22.4 Å². The smallest absolute Gasteiger partial charge is 0.0242 e. The third-order valence-electron chi connectivity index (χ3n) is 15.5. The Balaban J connectivity index is 1.02. The number of halogens is 2. The second-order valence-electron chi connectivity index (χ2n) is 20.0. The molecule has 0 aliphatic rings. The van der Waals surface area contributed by atoms with E-state index in [1.54, 1.807) is 12.1 Å². The standard InChI is InChI=1S/C72H50F2GeN4/c73-51-30-35-61(36-31-51)78-69-29-17-16-28-65(69)67-49-63(43-46-71(67)78)77(60-41-39-59(40-42-60)76(57-24-12-4-13-25-57)58-26-14-5-15-27-58)64-44-47-72-68(50-64)66-48-56(34-45-70(66)79(72)62-37-32-52(74)33-38-62)75(53-18-6-1-7-19-53,54-20-8-2-9-21-54)55-22-10-3-11-23-55/h1-50H. The minimum atomic E-state index is -3.75. The van der Waals surface area contributed by atoms with Crippen LogP contribution in [0.1, 0.15) is 0 Å². The average Bonchev–Trinajstić information content (AvgIpc) is 4.05. The largest absolute Gasteiger partial charge is 0.0351 e. The molecule has 0 N–H and O–H groups in total. The van der Waals surface area contributed by atoms with Crippen molar-refractivity contribution in [3.05, 3.63) is 315 Å². The summed E-state index contributed by atoms with van der Waals surface area (Å²) in [5.74, 6) is -0.556. The van der Waals surface area contributed by atoms with Gasteiger partial charge in [0.25, 0.3) is 0 Å². The summed E-state index contributed by atoms with van der Waals surface area (Å²) in [6, 6.07) is 106. The van der Waals surface area contributed by atoms with Crippen LogP contribution in [0.5, 0.6) is 0 Å². The van der Waals surface area contributed by atoms with Gasteiger partial charge < -0.3 is 0 Å². The quantitative estimate of drug-likeness (QED) is 0.113. The maximum absolute atomic E-state index is 14.8. The summed E-state index contributed by atoms with van der Waals surface area (Å²) in [6.45, 7) is 0. The zero-order valence-corrected chi connectivity index (χ0v) is 45.0. The van der Waals surface area contributed by atoms with Gasteiger partial charge in [-0.25, -0.2) is 4.39 Å². The molecular formula is C72H50F2GeN4. The second kappa shape index (κ2) is 20.0. The predicted octanol–water partition coefficient (Wildman–Crippen LogP) is 16.5. The van der Waals surface area contributed by atoms with Gasteiger partial charge in [0.1, 0.15) is 5.82 Å². The van der Waals surface area contributed by atoms with E-state index < -0.39 is 13.3 Å². The van der Waals surface area contributed by atoms with Crippen LogP contribution in [0.15, 0.2) is 303 Å². The predicted molar refractivity (Wildman–Crippen MR) is 328 cm³/mol. The molecule has 0 aliphatic heterocycles. The minimum absolute atomic E-state index is 0.274. The van der Waals surface area contributed by atoms with Crippen LogP contribution in [0.4, 0.5) is 42.9 Å². The molecule has 0 atom stereocenters. The van der Waals surface area contributed by atoms with E-state index in [0.717, 1.165) is 89.1 Å². The topological polar surface area (TPSA) is 16.3 Å². The molecule has 376 valence electrons. The van der Waals surface area contributed by atoms with Gasteiger partial charge in [0, 0.05) is 17.1 Å². The van der Waals surface area contributed by atoms with E-state index >= 15 is 0 Å². The molecule has 0 aliphatic carbocycles. The van der Waals surface area contributed by atoms with E-state index in [4.69, 9.17) is 0 Å². The van der Waals surface area contributed by atoms with Crippen LogP contribution in [0.25, 0.3) is 55.0 Å². The van der Waals surface area contributed by atoms with Gasteiger partial charge in [0.2, 0.25) is 0 Å². The number of rotatable bonds is 12. The number of fused-ring (bicyclic) bond motifs is 6. The SMILES string of the molecule is Fc1ccc(-n2c3ccccc3c3cc(N(c4ccc(N(c5ccccc5)c5ccccc5)cc4)c4ccc5c(c4)c4c[c]([Ge]([c]6ccccc6)([c]6ccccc6)[c]6ccccc6)ccc4n5-c4ccc(F)cc4)ccc32)cc1. The Labute approximate surface area is 459 Å². The van der Waals surface area contributed by atoms with Gasteiger partial charge in [-0.05, 0) is 54.6 Å². The van der Waals surface area contributed by atoms with Crippen molar-refractivity contribution in [1.29, 1.82) is 0 Å². The Morgan fingerprint density at radius 1 is 0.241 bits per heavy atom. The summed E-state index contributed by atoms with van der Waals surface area (Å²) in [4.78, 5) is 4.64. The van der Waals surface area contributed by atoms with E-state index in [1.165, 1.54) is 29.7 Å². The third kappa shape index (κ3) is 8.27. The summed E-state index contributed by atoms with van der Waals surface area (Å²) in [5.41, 5.74) is 11.9. The molecule has 14 rings (SSSR count). The number of nitrogens with zero attached hydrogens (tertiary/aromatic N) is 4. The molecule has 12 aromatic carbocycles. The van der Waals surface area contributed by atoms with Crippen LogP contribution in [0.3, 0.4) is 0 Å². The van der Waals surface area contributed by atoms with Crippen LogP contribution in [0, 0.1) is 11.6 Å². The number of aromatic nitrogens is 2. The Hall–Kier alpha value is -9.76. The number of anilines is 6. The van der Waals surface area contributed by atoms with Gasteiger partial charge in [-0.1, -0.05) is 48.5 Å².